The fourth-order valence-electron chi connectivity index (χ4n) is 3.13. The van der Waals surface area contributed by atoms with Crippen LogP contribution in [0.5, 0.6) is 0 Å². The maximum absolute atomic E-state index is 7.62. The molecule has 3 heteroatoms. The van der Waals surface area contributed by atoms with Crippen molar-refractivity contribution in [2.24, 2.45) is 9.98 Å². The highest BCUT2D eigenvalue weighted by Crippen LogP contribution is 2.27. The van der Waals surface area contributed by atoms with Crippen LogP contribution in [0.4, 0.5) is 11.4 Å². The normalized spacial score (nSPS) is 11.3. The van der Waals surface area contributed by atoms with Crippen molar-refractivity contribution >= 4 is 29.7 Å². The minimum absolute atomic E-state index is 0.566. The summed E-state index contributed by atoms with van der Waals surface area (Å²) in [4.78, 5) is 9.36. The number of aliphatic imine (C=N–C) groups is 2. The molecular formula is C24H29N3. The van der Waals surface area contributed by atoms with Crippen molar-refractivity contribution in [3.63, 3.8) is 0 Å². The first-order valence-corrected chi connectivity index (χ1v) is 9.77. The van der Waals surface area contributed by atoms with Gasteiger partial charge >= 0.3 is 0 Å². The summed E-state index contributed by atoms with van der Waals surface area (Å²) in [6, 6.07) is 12.6. The monoisotopic (exact) mass is 359 g/mol. The van der Waals surface area contributed by atoms with E-state index in [9.17, 15) is 0 Å². The van der Waals surface area contributed by atoms with Crippen LogP contribution in [0.15, 0.2) is 52.0 Å². The van der Waals surface area contributed by atoms with Crippen LogP contribution < -0.4 is 0 Å². The van der Waals surface area contributed by atoms with Gasteiger partial charge in [0.1, 0.15) is 0 Å². The maximum atomic E-state index is 7.62. The summed E-state index contributed by atoms with van der Waals surface area (Å²) in [7, 11) is 0. The molecule has 140 valence electrons. The molecular weight excluding hydrogens is 330 g/mol. The van der Waals surface area contributed by atoms with Crippen molar-refractivity contribution in [2.75, 3.05) is 0 Å². The second-order valence-electron chi connectivity index (χ2n) is 6.36. The molecule has 0 atom stereocenters. The smallest absolute Gasteiger partial charge is 0.0719 e. The average Bonchev–Trinajstić information content (AvgIpc) is 2.73. The van der Waals surface area contributed by atoms with E-state index in [-0.39, 0.29) is 0 Å². The topological polar surface area (TPSA) is 48.6 Å². The van der Waals surface area contributed by atoms with Crippen LogP contribution >= 0.6 is 0 Å². The van der Waals surface area contributed by atoms with E-state index in [1.54, 1.807) is 12.4 Å². The highest BCUT2D eigenvalue weighted by molar-refractivity contribution is 6.13. The third-order valence-electron chi connectivity index (χ3n) is 4.74. The van der Waals surface area contributed by atoms with Crippen LogP contribution in [-0.2, 0) is 25.7 Å². The van der Waals surface area contributed by atoms with Crippen LogP contribution in [-0.4, -0.2) is 18.3 Å². The van der Waals surface area contributed by atoms with Crippen molar-refractivity contribution < 1.29 is 0 Å². The van der Waals surface area contributed by atoms with Crippen LogP contribution in [0, 0.1) is 5.41 Å². The van der Waals surface area contributed by atoms with Crippen molar-refractivity contribution in [2.45, 2.75) is 53.4 Å². The number of rotatable bonds is 8. The number of nitrogens with zero attached hydrogens (tertiary/aromatic N) is 2. The van der Waals surface area contributed by atoms with Crippen molar-refractivity contribution in [3.05, 3.63) is 64.2 Å². The molecule has 0 bridgehead atoms. The standard InChI is InChI=1S/C24H29N3/c1-5-19-11-9-12-20(6-2)23(19)26-16-18(15-25)17-27-24-21(7-3)13-10-14-22(24)8-4/h9-14,16-17,25H,5-8H2,1-4H3. The molecule has 0 amide bonds. The number of allylic oxidation sites excluding steroid dienone is 1. The van der Waals surface area contributed by atoms with E-state index in [1.165, 1.54) is 22.3 Å². The van der Waals surface area contributed by atoms with Gasteiger partial charge in [0, 0.05) is 12.4 Å². The maximum Gasteiger partial charge on any atom is 0.0719 e. The minimum Gasteiger partial charge on any atom is -0.258 e. The number of benzene rings is 2. The lowest BCUT2D eigenvalue weighted by Gasteiger charge is -2.08. The molecule has 0 aliphatic heterocycles. The fraction of sp³-hybridized carbons (Fsp3) is 0.333. The van der Waals surface area contributed by atoms with Crippen LogP contribution in [0.1, 0.15) is 49.9 Å². The molecule has 27 heavy (non-hydrogen) atoms. The molecule has 0 fully saturated rings. The second-order valence-corrected chi connectivity index (χ2v) is 6.36. The SMILES string of the molecule is CCc1cccc(CC)c1N=CC(=C=N)C=Nc1c(CC)cccc1CC. The van der Waals surface area contributed by atoms with Gasteiger partial charge in [0.25, 0.3) is 0 Å². The highest BCUT2D eigenvalue weighted by Gasteiger charge is 2.06. The molecule has 2 rings (SSSR count). The first-order valence-electron chi connectivity index (χ1n) is 9.77. The van der Waals surface area contributed by atoms with Gasteiger partial charge < -0.3 is 0 Å². The Hall–Kier alpha value is -2.77. The van der Waals surface area contributed by atoms with Gasteiger partial charge in [-0.25, -0.2) is 0 Å². The summed E-state index contributed by atoms with van der Waals surface area (Å²) in [6.07, 6.45) is 7.13. The average molecular weight is 360 g/mol. The molecule has 0 unspecified atom stereocenters. The molecule has 0 aliphatic carbocycles. The van der Waals surface area contributed by atoms with E-state index in [1.807, 2.05) is 0 Å². The second kappa shape index (κ2) is 10.4. The van der Waals surface area contributed by atoms with E-state index in [2.05, 4.69) is 79.9 Å². The van der Waals surface area contributed by atoms with Gasteiger partial charge in [0.2, 0.25) is 0 Å². The zero-order valence-electron chi connectivity index (χ0n) is 16.8. The summed E-state index contributed by atoms with van der Waals surface area (Å²) in [5, 5.41) is 7.62. The predicted octanol–water partition coefficient (Wildman–Crippen LogP) is 6.22. The molecule has 0 heterocycles. The molecule has 1 N–H and O–H groups in total. The van der Waals surface area contributed by atoms with E-state index >= 15 is 0 Å². The van der Waals surface area contributed by atoms with Crippen molar-refractivity contribution in [3.8, 4) is 0 Å². The molecule has 0 aliphatic rings. The number of hydrogen-bond acceptors (Lipinski definition) is 3. The van der Waals surface area contributed by atoms with Crippen LogP contribution in [0.2, 0.25) is 0 Å². The Morgan fingerprint density at radius 3 is 1.33 bits per heavy atom. The Morgan fingerprint density at radius 1 is 0.741 bits per heavy atom. The summed E-state index contributed by atoms with van der Waals surface area (Å²) in [6.45, 7) is 8.54. The third kappa shape index (κ3) is 5.12. The van der Waals surface area contributed by atoms with E-state index < -0.39 is 0 Å². The zero-order valence-corrected chi connectivity index (χ0v) is 16.8. The first kappa shape index (κ1) is 20.5. The lowest BCUT2D eigenvalue weighted by Crippen LogP contribution is -1.93. The van der Waals surface area contributed by atoms with E-state index in [4.69, 9.17) is 5.41 Å². The van der Waals surface area contributed by atoms with Crippen molar-refractivity contribution in [1.29, 1.82) is 5.41 Å². The molecule has 0 aromatic heterocycles. The Bertz CT molecular complexity index is 772. The minimum atomic E-state index is 0.566. The van der Waals surface area contributed by atoms with Gasteiger partial charge in [0.05, 0.1) is 16.9 Å². The summed E-state index contributed by atoms with van der Waals surface area (Å²) >= 11 is 0. The number of nitrogens with one attached hydrogen (secondary N) is 1. The quantitative estimate of drug-likeness (QED) is 0.544. The van der Waals surface area contributed by atoms with Gasteiger partial charge in [-0.1, -0.05) is 64.1 Å². The van der Waals surface area contributed by atoms with Crippen LogP contribution in [0.3, 0.4) is 0 Å². The number of aryl methyl sites for hydroxylation is 4. The Labute approximate surface area is 163 Å². The van der Waals surface area contributed by atoms with Gasteiger partial charge in [0.15, 0.2) is 0 Å². The summed E-state index contributed by atoms with van der Waals surface area (Å²) in [5.74, 6) is 2.46. The Morgan fingerprint density at radius 2 is 1.07 bits per heavy atom. The van der Waals surface area contributed by atoms with Crippen LogP contribution in [0.25, 0.3) is 0 Å². The molecule has 0 spiro atoms. The third-order valence-corrected chi connectivity index (χ3v) is 4.74. The van der Waals surface area contributed by atoms with Gasteiger partial charge in [-0.3, -0.25) is 15.4 Å². The van der Waals surface area contributed by atoms with Gasteiger partial charge in [-0.15, -0.1) is 0 Å². The summed E-state index contributed by atoms with van der Waals surface area (Å²) in [5.41, 5.74) is 7.45. The molecule has 3 nitrogen and oxygen atoms in total. The van der Waals surface area contributed by atoms with E-state index in [0.717, 1.165) is 37.1 Å². The molecule has 0 radical (unpaired) electrons. The Kier molecular flexibility index (Phi) is 7.91. The molecule has 0 saturated carbocycles. The zero-order chi connectivity index (χ0) is 19.6. The summed E-state index contributed by atoms with van der Waals surface area (Å²) < 4.78 is 0. The lowest BCUT2D eigenvalue weighted by molar-refractivity contribution is 1.08. The van der Waals surface area contributed by atoms with Gasteiger partial charge in [-0.05, 0) is 53.8 Å². The fourth-order valence-corrected chi connectivity index (χ4v) is 3.13. The predicted molar refractivity (Wildman–Crippen MR) is 118 cm³/mol. The first-order chi connectivity index (χ1) is 13.2. The highest BCUT2D eigenvalue weighted by atomic mass is 14.8. The molecule has 2 aromatic rings. The number of para-hydroxylation sites is 2. The van der Waals surface area contributed by atoms with E-state index in [0.29, 0.717) is 5.57 Å². The van der Waals surface area contributed by atoms with Crippen molar-refractivity contribution in [1.82, 2.24) is 0 Å². The molecule has 0 saturated heterocycles. The molecule has 2 aromatic carbocycles. The largest absolute Gasteiger partial charge is 0.258 e. The lowest BCUT2D eigenvalue weighted by atomic mass is 10.0. The Balaban J connectivity index is 2.35. The number of hydrogen-bond donors (Lipinski definition) is 1. The van der Waals surface area contributed by atoms with Gasteiger partial charge in [-0.2, -0.15) is 0 Å².